The molecule has 0 spiro atoms. The highest BCUT2D eigenvalue weighted by atomic mass is 16.6. The second-order valence-corrected chi connectivity index (χ2v) is 6.88. The van der Waals surface area contributed by atoms with Gasteiger partial charge in [-0.25, -0.2) is 0 Å². The number of hydrogen-bond donors (Lipinski definition) is 1. The number of ether oxygens (including phenoxy) is 1. The van der Waals surface area contributed by atoms with Crippen molar-refractivity contribution in [2.45, 2.75) is 73.2 Å². The molecule has 4 unspecified atom stereocenters. The first-order valence-electron chi connectivity index (χ1n) is 7.56. The second kappa shape index (κ2) is 5.92. The summed E-state index contributed by atoms with van der Waals surface area (Å²) in [7, 11) is 0. The van der Waals surface area contributed by atoms with Gasteiger partial charge in [0.2, 0.25) is 0 Å². The molecule has 1 aliphatic rings. The van der Waals surface area contributed by atoms with E-state index in [0.29, 0.717) is 0 Å². The molecule has 1 rings (SSSR count). The molecule has 1 heterocycles. The average molecular weight is 270 g/mol. The summed E-state index contributed by atoms with van der Waals surface area (Å²) < 4.78 is 5.56. The van der Waals surface area contributed by atoms with Crippen LogP contribution >= 0.6 is 0 Å². The molecule has 4 atom stereocenters. The van der Waals surface area contributed by atoms with Crippen molar-refractivity contribution in [2.24, 2.45) is 22.7 Å². The lowest BCUT2D eigenvalue weighted by molar-refractivity contribution is -0.140. The van der Waals surface area contributed by atoms with E-state index >= 15 is 0 Å². The molecule has 0 saturated carbocycles. The fraction of sp³-hybridized carbons (Fsp3) is 0.938. The van der Waals surface area contributed by atoms with Crippen molar-refractivity contribution in [1.29, 1.82) is 0 Å². The zero-order chi connectivity index (χ0) is 14.8. The summed E-state index contributed by atoms with van der Waals surface area (Å²) in [6.07, 6.45) is 2.51. The number of aliphatic hydroxyl groups is 1. The van der Waals surface area contributed by atoms with Gasteiger partial charge < -0.3 is 14.6 Å². The molecule has 0 aromatic carbocycles. The van der Waals surface area contributed by atoms with E-state index in [2.05, 4.69) is 41.5 Å². The molecular weight excluding hydrogens is 240 g/mol. The molecule has 3 nitrogen and oxygen atoms in total. The largest absolute Gasteiger partial charge is 0.368 e. The molecule has 19 heavy (non-hydrogen) atoms. The molecule has 0 bridgehead atoms. The van der Waals surface area contributed by atoms with E-state index in [-0.39, 0.29) is 22.7 Å². The predicted molar refractivity (Wildman–Crippen MR) is 76.7 cm³/mol. The Labute approximate surface area is 117 Å². The minimum atomic E-state index is -0.823. The molecule has 1 saturated heterocycles. The molecule has 3 heteroatoms. The Morgan fingerprint density at radius 3 is 1.95 bits per heavy atom. The first-order valence-corrected chi connectivity index (χ1v) is 7.56. The monoisotopic (exact) mass is 270 g/mol. The van der Waals surface area contributed by atoms with Gasteiger partial charge in [0.25, 0.3) is 0 Å². The van der Waals surface area contributed by atoms with Gasteiger partial charge >= 0.3 is 0 Å². The maximum absolute atomic E-state index is 11.3. The standard InChI is InChI=1S/C16H30O3/c1-7-15(4,5)12-11(10-17)19-14(18)13(12)16(6,8-2)9-3/h10-14,18H,7-9H2,1-6H3. The fourth-order valence-electron chi connectivity index (χ4n) is 3.49. The Kier molecular flexibility index (Phi) is 5.19. The number of carbonyl (C=O) groups is 1. The van der Waals surface area contributed by atoms with Crippen LogP contribution in [-0.2, 0) is 9.53 Å². The molecule has 1 aliphatic heterocycles. The van der Waals surface area contributed by atoms with Gasteiger partial charge in [0.1, 0.15) is 12.4 Å². The highest BCUT2D eigenvalue weighted by Gasteiger charge is 2.55. The molecule has 0 aliphatic carbocycles. The third kappa shape index (κ3) is 2.87. The number of rotatable bonds is 6. The van der Waals surface area contributed by atoms with Crippen LogP contribution in [0, 0.1) is 22.7 Å². The minimum Gasteiger partial charge on any atom is -0.368 e. The molecule has 0 radical (unpaired) electrons. The van der Waals surface area contributed by atoms with E-state index in [0.717, 1.165) is 25.5 Å². The van der Waals surface area contributed by atoms with Crippen molar-refractivity contribution in [3.8, 4) is 0 Å². The molecule has 0 aromatic rings. The van der Waals surface area contributed by atoms with Gasteiger partial charge in [0, 0.05) is 11.8 Å². The van der Waals surface area contributed by atoms with Gasteiger partial charge in [-0.1, -0.05) is 60.8 Å². The fourth-order valence-corrected chi connectivity index (χ4v) is 3.49. The second-order valence-electron chi connectivity index (χ2n) is 6.88. The summed E-state index contributed by atoms with van der Waals surface area (Å²) in [4.78, 5) is 11.3. The van der Waals surface area contributed by atoms with E-state index < -0.39 is 12.4 Å². The van der Waals surface area contributed by atoms with Crippen molar-refractivity contribution < 1.29 is 14.6 Å². The Morgan fingerprint density at radius 1 is 1.05 bits per heavy atom. The molecular formula is C16H30O3. The van der Waals surface area contributed by atoms with Crippen LogP contribution in [0.1, 0.15) is 60.8 Å². The van der Waals surface area contributed by atoms with Crippen LogP contribution in [0.4, 0.5) is 0 Å². The zero-order valence-electron chi connectivity index (χ0n) is 13.3. The normalized spacial score (nSPS) is 32.6. The van der Waals surface area contributed by atoms with E-state index in [9.17, 15) is 9.90 Å². The van der Waals surface area contributed by atoms with Gasteiger partial charge in [0.05, 0.1) is 0 Å². The van der Waals surface area contributed by atoms with Crippen molar-refractivity contribution in [3.05, 3.63) is 0 Å². The predicted octanol–water partition coefficient (Wildman–Crippen LogP) is 3.40. The molecule has 112 valence electrons. The van der Waals surface area contributed by atoms with Gasteiger partial charge in [-0.15, -0.1) is 0 Å². The van der Waals surface area contributed by atoms with Gasteiger partial charge in [-0.3, -0.25) is 0 Å². The van der Waals surface area contributed by atoms with Crippen LogP contribution in [-0.4, -0.2) is 23.8 Å². The summed E-state index contributed by atoms with van der Waals surface area (Å²) in [5, 5.41) is 10.3. The summed E-state index contributed by atoms with van der Waals surface area (Å²) in [6.45, 7) is 13.0. The quantitative estimate of drug-likeness (QED) is 0.752. The highest BCUT2D eigenvalue weighted by Crippen LogP contribution is 2.53. The molecule has 0 aromatic heterocycles. The summed E-state index contributed by atoms with van der Waals surface area (Å²) in [6, 6.07) is 0. The SMILES string of the molecule is CCC(C)(C)C1C(C=O)OC(O)C1C(C)(CC)CC. The van der Waals surface area contributed by atoms with E-state index in [1.165, 1.54) is 0 Å². The van der Waals surface area contributed by atoms with Gasteiger partial charge in [-0.05, 0) is 10.8 Å². The van der Waals surface area contributed by atoms with Crippen molar-refractivity contribution in [3.63, 3.8) is 0 Å². The third-order valence-electron chi connectivity index (χ3n) is 5.71. The van der Waals surface area contributed by atoms with Crippen molar-refractivity contribution in [2.75, 3.05) is 0 Å². The van der Waals surface area contributed by atoms with Crippen molar-refractivity contribution >= 4 is 6.29 Å². The van der Waals surface area contributed by atoms with Crippen LogP contribution in [0.25, 0.3) is 0 Å². The van der Waals surface area contributed by atoms with Crippen LogP contribution in [0.5, 0.6) is 0 Å². The minimum absolute atomic E-state index is 0.00822. The smallest absolute Gasteiger partial charge is 0.159 e. The average Bonchev–Trinajstić information content (AvgIpc) is 2.76. The topological polar surface area (TPSA) is 46.5 Å². The Hall–Kier alpha value is -0.410. The number of aliphatic hydroxyl groups excluding tert-OH is 1. The Morgan fingerprint density at radius 2 is 1.58 bits per heavy atom. The lowest BCUT2D eigenvalue weighted by Crippen LogP contribution is -2.43. The van der Waals surface area contributed by atoms with Crippen LogP contribution < -0.4 is 0 Å². The van der Waals surface area contributed by atoms with Gasteiger partial charge in [0.15, 0.2) is 6.29 Å². The zero-order valence-corrected chi connectivity index (χ0v) is 13.3. The van der Waals surface area contributed by atoms with E-state index in [4.69, 9.17) is 4.74 Å². The Bertz CT molecular complexity index is 307. The lowest BCUT2D eigenvalue weighted by atomic mass is 9.59. The van der Waals surface area contributed by atoms with E-state index in [1.807, 2.05) is 0 Å². The summed E-state index contributed by atoms with van der Waals surface area (Å²) in [5.41, 5.74) is -0.00634. The first-order chi connectivity index (χ1) is 8.77. The number of aldehydes is 1. The van der Waals surface area contributed by atoms with E-state index in [1.54, 1.807) is 0 Å². The summed E-state index contributed by atoms with van der Waals surface area (Å²) >= 11 is 0. The maximum atomic E-state index is 11.3. The van der Waals surface area contributed by atoms with Gasteiger partial charge in [-0.2, -0.15) is 0 Å². The van der Waals surface area contributed by atoms with Crippen LogP contribution in [0.15, 0.2) is 0 Å². The molecule has 1 N–H and O–H groups in total. The maximum Gasteiger partial charge on any atom is 0.159 e. The first kappa shape index (κ1) is 16.6. The van der Waals surface area contributed by atoms with Crippen LogP contribution in [0.3, 0.4) is 0 Å². The number of carbonyl (C=O) groups excluding carboxylic acids is 1. The Balaban J connectivity index is 3.21. The highest BCUT2D eigenvalue weighted by molar-refractivity contribution is 5.57. The third-order valence-corrected chi connectivity index (χ3v) is 5.71. The van der Waals surface area contributed by atoms with Crippen LogP contribution in [0.2, 0.25) is 0 Å². The lowest BCUT2D eigenvalue weighted by Gasteiger charge is -2.44. The summed E-state index contributed by atoms with van der Waals surface area (Å²) in [5.74, 6) is 0.0996. The number of hydrogen-bond acceptors (Lipinski definition) is 3. The molecule has 1 fully saturated rings. The molecule has 0 amide bonds. The van der Waals surface area contributed by atoms with Crippen molar-refractivity contribution in [1.82, 2.24) is 0 Å².